The molecule has 0 saturated carbocycles. The van der Waals surface area contributed by atoms with Crippen molar-refractivity contribution >= 4 is 0 Å². The monoisotopic (exact) mass is 229 g/mol. The number of benzene rings is 1. The van der Waals surface area contributed by atoms with Crippen LogP contribution in [0.2, 0.25) is 0 Å². The Hall–Kier alpha value is -1.61. The number of nitrogens with two attached hydrogens (primary N) is 1. The fourth-order valence-electron chi connectivity index (χ4n) is 1.84. The van der Waals surface area contributed by atoms with Crippen LogP contribution in [0.25, 0.3) is 11.1 Å². The number of nitrogens with zero attached hydrogens (tertiary/aromatic N) is 2. The summed E-state index contributed by atoms with van der Waals surface area (Å²) in [5.41, 5.74) is 9.34. The normalized spacial score (nSPS) is 12.6. The van der Waals surface area contributed by atoms with E-state index in [1.54, 1.807) is 0 Å². The summed E-state index contributed by atoms with van der Waals surface area (Å²) in [5, 5.41) is 4.33. The van der Waals surface area contributed by atoms with E-state index in [1.165, 1.54) is 5.56 Å². The van der Waals surface area contributed by atoms with Gasteiger partial charge in [0, 0.05) is 24.3 Å². The molecule has 2 rings (SSSR count). The molecular formula is C14H19N3. The van der Waals surface area contributed by atoms with Gasteiger partial charge >= 0.3 is 0 Å². The van der Waals surface area contributed by atoms with E-state index in [1.807, 2.05) is 17.8 Å². The zero-order valence-corrected chi connectivity index (χ0v) is 10.4. The second kappa shape index (κ2) is 5.15. The Morgan fingerprint density at radius 2 is 1.94 bits per heavy atom. The average molecular weight is 229 g/mol. The minimum Gasteiger partial charge on any atom is -0.324 e. The predicted molar refractivity (Wildman–Crippen MR) is 70.6 cm³/mol. The summed E-state index contributed by atoms with van der Waals surface area (Å²) in [6, 6.07) is 8.46. The third-order valence-corrected chi connectivity index (χ3v) is 2.86. The molecule has 2 aromatic rings. The van der Waals surface area contributed by atoms with Gasteiger partial charge in [-0.2, -0.15) is 5.10 Å². The zero-order chi connectivity index (χ0) is 12.3. The maximum atomic E-state index is 5.83. The first kappa shape index (κ1) is 11.9. The van der Waals surface area contributed by atoms with Crippen LogP contribution in [0.3, 0.4) is 0 Å². The van der Waals surface area contributed by atoms with Gasteiger partial charge in [0.1, 0.15) is 0 Å². The third kappa shape index (κ3) is 2.74. The van der Waals surface area contributed by atoms with Crippen LogP contribution in [0, 0.1) is 0 Å². The molecule has 1 unspecified atom stereocenters. The second-order valence-electron chi connectivity index (χ2n) is 4.40. The van der Waals surface area contributed by atoms with Gasteiger partial charge in [0.05, 0.1) is 6.20 Å². The van der Waals surface area contributed by atoms with Crippen molar-refractivity contribution < 1.29 is 0 Å². The molecule has 0 aliphatic heterocycles. The Kier molecular flexibility index (Phi) is 3.59. The van der Waals surface area contributed by atoms with E-state index >= 15 is 0 Å². The Balaban J connectivity index is 2.21. The van der Waals surface area contributed by atoms with Gasteiger partial charge in [-0.25, -0.2) is 0 Å². The number of hydrogen-bond donors (Lipinski definition) is 1. The van der Waals surface area contributed by atoms with Crippen molar-refractivity contribution in [2.24, 2.45) is 5.73 Å². The third-order valence-electron chi connectivity index (χ3n) is 2.86. The molecule has 0 saturated heterocycles. The quantitative estimate of drug-likeness (QED) is 0.876. The molecule has 0 aliphatic rings. The fraction of sp³-hybridized carbons (Fsp3) is 0.357. The molecular weight excluding hydrogens is 210 g/mol. The van der Waals surface area contributed by atoms with Gasteiger partial charge in [0.2, 0.25) is 0 Å². The minimum absolute atomic E-state index is 0.0897. The van der Waals surface area contributed by atoms with Gasteiger partial charge in [-0.1, -0.05) is 31.2 Å². The number of hydrogen-bond acceptors (Lipinski definition) is 2. The molecule has 17 heavy (non-hydrogen) atoms. The van der Waals surface area contributed by atoms with E-state index in [2.05, 4.69) is 42.5 Å². The lowest BCUT2D eigenvalue weighted by Crippen LogP contribution is -2.04. The first-order chi connectivity index (χ1) is 8.20. The van der Waals surface area contributed by atoms with E-state index in [9.17, 15) is 0 Å². The number of rotatable bonds is 4. The summed E-state index contributed by atoms with van der Waals surface area (Å²) >= 11 is 0. The summed E-state index contributed by atoms with van der Waals surface area (Å²) in [5.74, 6) is 0. The van der Waals surface area contributed by atoms with E-state index in [4.69, 9.17) is 5.73 Å². The van der Waals surface area contributed by atoms with Crippen molar-refractivity contribution in [3.8, 4) is 11.1 Å². The largest absolute Gasteiger partial charge is 0.324 e. The highest BCUT2D eigenvalue weighted by molar-refractivity contribution is 5.62. The molecule has 0 bridgehead atoms. The summed E-state index contributed by atoms with van der Waals surface area (Å²) in [6.07, 6.45) is 5.10. The van der Waals surface area contributed by atoms with Crippen molar-refractivity contribution in [1.29, 1.82) is 0 Å². The maximum Gasteiger partial charge on any atom is 0.0568 e. The van der Waals surface area contributed by atoms with Crippen LogP contribution in [0.4, 0.5) is 0 Å². The number of aromatic nitrogens is 2. The zero-order valence-electron chi connectivity index (χ0n) is 10.4. The van der Waals surface area contributed by atoms with Gasteiger partial charge < -0.3 is 5.73 Å². The molecule has 0 aliphatic carbocycles. The van der Waals surface area contributed by atoms with Crippen molar-refractivity contribution in [3.63, 3.8) is 0 Å². The van der Waals surface area contributed by atoms with Crippen LogP contribution in [-0.2, 0) is 6.54 Å². The first-order valence-electron chi connectivity index (χ1n) is 6.09. The van der Waals surface area contributed by atoms with Crippen LogP contribution >= 0.6 is 0 Å². The van der Waals surface area contributed by atoms with Crippen molar-refractivity contribution in [2.75, 3.05) is 0 Å². The lowest BCUT2D eigenvalue weighted by molar-refractivity contribution is 0.603. The van der Waals surface area contributed by atoms with Crippen molar-refractivity contribution in [1.82, 2.24) is 9.78 Å². The SMILES string of the molecule is CCCn1cc(-c2ccc(C(C)N)cc2)cn1. The van der Waals surface area contributed by atoms with Crippen LogP contribution in [-0.4, -0.2) is 9.78 Å². The first-order valence-corrected chi connectivity index (χ1v) is 6.09. The average Bonchev–Trinajstić information content (AvgIpc) is 2.78. The number of aryl methyl sites for hydroxylation is 1. The van der Waals surface area contributed by atoms with Gasteiger partial charge in [-0.3, -0.25) is 4.68 Å². The van der Waals surface area contributed by atoms with Crippen LogP contribution in [0.15, 0.2) is 36.7 Å². The lowest BCUT2D eigenvalue weighted by Gasteiger charge is -2.05. The lowest BCUT2D eigenvalue weighted by atomic mass is 10.0. The molecule has 1 aromatic heterocycles. The maximum absolute atomic E-state index is 5.83. The predicted octanol–water partition coefficient (Wildman–Crippen LogP) is 2.98. The summed E-state index contributed by atoms with van der Waals surface area (Å²) in [6.45, 7) is 5.12. The fourth-order valence-corrected chi connectivity index (χ4v) is 1.84. The summed E-state index contributed by atoms with van der Waals surface area (Å²) in [7, 11) is 0. The Labute approximate surface area is 102 Å². The van der Waals surface area contributed by atoms with E-state index in [0.717, 1.165) is 24.1 Å². The summed E-state index contributed by atoms with van der Waals surface area (Å²) < 4.78 is 1.98. The van der Waals surface area contributed by atoms with E-state index in [-0.39, 0.29) is 6.04 Å². The van der Waals surface area contributed by atoms with Crippen LogP contribution < -0.4 is 5.73 Å². The topological polar surface area (TPSA) is 43.8 Å². The highest BCUT2D eigenvalue weighted by Gasteiger charge is 2.03. The molecule has 1 atom stereocenters. The molecule has 90 valence electrons. The molecule has 0 fully saturated rings. The highest BCUT2D eigenvalue weighted by Crippen LogP contribution is 2.20. The molecule has 1 aromatic carbocycles. The smallest absolute Gasteiger partial charge is 0.0568 e. The van der Waals surface area contributed by atoms with Gasteiger partial charge in [0.15, 0.2) is 0 Å². The molecule has 2 N–H and O–H groups in total. The van der Waals surface area contributed by atoms with E-state index < -0.39 is 0 Å². The van der Waals surface area contributed by atoms with Crippen LogP contribution in [0.1, 0.15) is 31.9 Å². The van der Waals surface area contributed by atoms with Gasteiger partial charge in [-0.15, -0.1) is 0 Å². The Bertz CT molecular complexity index is 468. The van der Waals surface area contributed by atoms with E-state index in [0.29, 0.717) is 0 Å². The Morgan fingerprint density at radius 3 is 2.53 bits per heavy atom. The Morgan fingerprint density at radius 1 is 1.24 bits per heavy atom. The second-order valence-corrected chi connectivity index (χ2v) is 4.40. The van der Waals surface area contributed by atoms with Crippen molar-refractivity contribution in [3.05, 3.63) is 42.2 Å². The summed E-state index contributed by atoms with van der Waals surface area (Å²) in [4.78, 5) is 0. The minimum atomic E-state index is 0.0897. The molecule has 3 heteroatoms. The highest BCUT2D eigenvalue weighted by atomic mass is 15.3. The standard InChI is InChI=1S/C14H19N3/c1-3-8-17-10-14(9-16-17)13-6-4-12(5-7-13)11(2)15/h4-7,9-11H,3,8,15H2,1-2H3. The van der Waals surface area contributed by atoms with Crippen LogP contribution in [0.5, 0.6) is 0 Å². The molecule has 0 spiro atoms. The van der Waals surface area contributed by atoms with Gasteiger partial charge in [-0.05, 0) is 24.5 Å². The molecule has 3 nitrogen and oxygen atoms in total. The van der Waals surface area contributed by atoms with Gasteiger partial charge in [0.25, 0.3) is 0 Å². The molecule has 0 amide bonds. The molecule has 0 radical (unpaired) electrons. The molecule has 1 heterocycles. The van der Waals surface area contributed by atoms with Crippen molar-refractivity contribution in [2.45, 2.75) is 32.9 Å².